The molecule has 38 heavy (non-hydrogen) atoms. The molecular weight excluding hydrogens is 552 g/mol. The second-order valence-electron chi connectivity index (χ2n) is 11.7. The molecule has 0 fully saturated rings. The summed E-state index contributed by atoms with van der Waals surface area (Å²) in [6.07, 6.45) is 4.76. The molecule has 6 aromatic carbocycles. The molecule has 0 saturated carbocycles. The molecule has 0 amide bonds. The molecule has 0 aliphatic heterocycles. The number of rotatable bonds is 2. The van der Waals surface area contributed by atoms with Gasteiger partial charge in [0, 0.05) is 8.07 Å². The minimum Gasteiger partial charge on any atom is -0.358 e. The van der Waals surface area contributed by atoms with Crippen molar-refractivity contribution in [3.8, 4) is 0 Å². The molecule has 0 unspecified atom stereocenters. The molecule has 8 rings (SSSR count). The van der Waals surface area contributed by atoms with Gasteiger partial charge in [0.1, 0.15) is 0 Å². The Labute approximate surface area is 247 Å². The van der Waals surface area contributed by atoms with Crippen LogP contribution < -0.4 is 10.4 Å². The van der Waals surface area contributed by atoms with Crippen LogP contribution in [0.15, 0.2) is 60.7 Å². The predicted octanol–water partition coefficient (Wildman–Crippen LogP) is 8.27. The van der Waals surface area contributed by atoms with E-state index >= 15 is 0 Å². The van der Waals surface area contributed by atoms with Crippen molar-refractivity contribution in [3.63, 3.8) is 0 Å². The van der Waals surface area contributed by atoms with Crippen molar-refractivity contribution in [3.05, 3.63) is 109 Å². The van der Waals surface area contributed by atoms with Gasteiger partial charge in [-0.25, -0.2) is 0 Å². The van der Waals surface area contributed by atoms with E-state index in [1.807, 2.05) is 0 Å². The van der Waals surface area contributed by atoms with Crippen LogP contribution in [-0.4, -0.2) is 8.07 Å². The summed E-state index contributed by atoms with van der Waals surface area (Å²) >= 11 is 0. The second kappa shape index (κ2) is 9.14. The smallest absolute Gasteiger partial charge is 0.358 e. The largest absolute Gasteiger partial charge is 4.00 e. The first-order valence-corrected chi connectivity index (χ1v) is 16.2. The molecule has 0 N–H and O–H groups in total. The quantitative estimate of drug-likeness (QED) is 0.141. The van der Waals surface area contributed by atoms with E-state index in [0.717, 1.165) is 0 Å². The van der Waals surface area contributed by atoms with Crippen LogP contribution in [0.25, 0.3) is 43.1 Å². The van der Waals surface area contributed by atoms with Gasteiger partial charge in [-0.2, -0.15) is 12.1 Å². The maximum Gasteiger partial charge on any atom is 4.00 e. The average Bonchev–Trinajstić information content (AvgIpc) is 3.59. The van der Waals surface area contributed by atoms with E-state index < -0.39 is 8.07 Å². The summed E-state index contributed by atoms with van der Waals surface area (Å²) in [5.41, 5.74) is 9.19. The third-order valence-electron chi connectivity index (χ3n) is 9.37. The van der Waals surface area contributed by atoms with Crippen LogP contribution in [-0.2, 0) is 51.9 Å². The summed E-state index contributed by atoms with van der Waals surface area (Å²) in [6.45, 7) is 9.95. The zero-order valence-corrected chi connectivity index (χ0v) is 27.1. The summed E-state index contributed by atoms with van der Waals surface area (Å²) < 4.78 is 0. The van der Waals surface area contributed by atoms with Gasteiger partial charge in [0.2, 0.25) is 0 Å². The Kier molecular flexibility index (Phi) is 6.56. The molecule has 0 atom stereocenters. The summed E-state index contributed by atoms with van der Waals surface area (Å²) in [6, 6.07) is 24.1. The summed E-state index contributed by atoms with van der Waals surface area (Å²) in [5.74, 6) is 0. The Morgan fingerprint density at radius 1 is 0.553 bits per heavy atom. The normalized spacial score (nSPS) is 13.8. The molecule has 0 radical (unpaired) electrons. The van der Waals surface area contributed by atoms with Gasteiger partial charge in [0.25, 0.3) is 0 Å². The Morgan fingerprint density at radius 3 is 1.37 bits per heavy atom. The first kappa shape index (κ1) is 27.3. The first-order chi connectivity index (χ1) is 16.9. The minimum absolute atomic E-state index is 0. The zero-order chi connectivity index (χ0) is 23.6. The van der Waals surface area contributed by atoms with Gasteiger partial charge in [0.05, 0.1) is 0 Å². The second-order valence-corrected chi connectivity index (χ2v) is 16.0. The van der Waals surface area contributed by atoms with Crippen molar-refractivity contribution in [2.75, 3.05) is 0 Å². The van der Waals surface area contributed by atoms with E-state index in [0.29, 0.717) is 0 Å². The van der Waals surface area contributed by atoms with Crippen molar-refractivity contribution < 1.29 is 26.2 Å². The molecule has 2 heteroatoms. The van der Waals surface area contributed by atoms with Gasteiger partial charge in [0.15, 0.2) is 0 Å². The Morgan fingerprint density at radius 2 is 0.947 bits per heavy atom. The van der Waals surface area contributed by atoms with Crippen LogP contribution >= 0.6 is 0 Å². The fraction of sp³-hybridized carbons (Fsp3) is 0.222. The third kappa shape index (κ3) is 3.36. The maximum atomic E-state index is 2.61. The number of fused-ring (bicyclic) bond motifs is 4. The van der Waals surface area contributed by atoms with E-state index in [2.05, 4.69) is 87.6 Å². The van der Waals surface area contributed by atoms with Crippen molar-refractivity contribution in [1.29, 1.82) is 0 Å². The van der Waals surface area contributed by atoms with Gasteiger partial charge >= 0.3 is 26.2 Å². The molecule has 2 aliphatic rings. The SMILES string of the molecule is Cc1cc2c3cccc4c3c(cc2[c-]1[Si](C)(C)[c-]1c(C)cc2c3cccc5c3c(cc21)CC5)CC4.[CH3-].[CH3-].[Zr+4]. The fourth-order valence-corrected chi connectivity index (χ4v) is 12.3. The van der Waals surface area contributed by atoms with Gasteiger partial charge in [-0.15, -0.1) is 55.2 Å². The van der Waals surface area contributed by atoms with Crippen LogP contribution in [0.5, 0.6) is 0 Å². The van der Waals surface area contributed by atoms with Crippen molar-refractivity contribution in [2.24, 2.45) is 0 Å². The first-order valence-electron chi connectivity index (χ1n) is 13.2. The third-order valence-corrected chi connectivity index (χ3v) is 13.2. The molecule has 2 aliphatic carbocycles. The molecular formula is C36H36SiZr. The molecule has 0 aromatic heterocycles. The standard InChI is InChI=1S/C34H30Si.2CH3.Zr/c1-19-15-27-25-9-5-7-21-11-13-23(31(21)25)17-29(27)33(19)35(3,4)34-20(2)16-28-26-10-6-8-22-12-14-24(32(22)26)18-30(28)34;;;/h5-10,15-18H,11-14H2,1-4H3;2*1H3;/q-2;2*-1;+4. The number of hydrogen-bond donors (Lipinski definition) is 0. The fourth-order valence-electron chi connectivity index (χ4n) is 8.21. The van der Waals surface area contributed by atoms with E-state index in [9.17, 15) is 0 Å². The molecule has 0 nitrogen and oxygen atoms in total. The van der Waals surface area contributed by atoms with Crippen molar-refractivity contribution in [2.45, 2.75) is 52.6 Å². The van der Waals surface area contributed by atoms with Crippen molar-refractivity contribution in [1.82, 2.24) is 0 Å². The molecule has 6 aromatic rings. The van der Waals surface area contributed by atoms with Crippen LogP contribution in [0.3, 0.4) is 0 Å². The molecule has 0 bridgehead atoms. The van der Waals surface area contributed by atoms with E-state index in [1.54, 1.807) is 32.6 Å². The monoisotopic (exact) mass is 586 g/mol. The van der Waals surface area contributed by atoms with E-state index in [4.69, 9.17) is 0 Å². The minimum atomic E-state index is -1.98. The Balaban J connectivity index is 0.000000980. The van der Waals surface area contributed by atoms with Crippen LogP contribution in [0.1, 0.15) is 33.4 Å². The van der Waals surface area contributed by atoms with Gasteiger partial charge in [-0.05, 0) is 47.6 Å². The van der Waals surface area contributed by atoms with Crippen LogP contribution in [0.2, 0.25) is 13.1 Å². The summed E-state index contributed by atoms with van der Waals surface area (Å²) in [5, 5.41) is 15.3. The Bertz CT molecular complexity index is 1750. The van der Waals surface area contributed by atoms with Gasteiger partial charge in [-0.1, -0.05) is 85.2 Å². The maximum absolute atomic E-state index is 2.61. The van der Waals surface area contributed by atoms with Crippen LogP contribution in [0.4, 0.5) is 0 Å². The Hall–Kier alpha value is -2.28. The predicted molar refractivity (Wildman–Crippen MR) is 168 cm³/mol. The van der Waals surface area contributed by atoms with Gasteiger partial charge < -0.3 is 14.9 Å². The van der Waals surface area contributed by atoms with E-state index in [1.165, 1.54) is 79.9 Å². The summed E-state index contributed by atoms with van der Waals surface area (Å²) in [7, 11) is -1.98. The van der Waals surface area contributed by atoms with E-state index in [-0.39, 0.29) is 41.1 Å². The number of aryl methyl sites for hydroxylation is 6. The molecule has 0 saturated heterocycles. The number of hydrogen-bond acceptors (Lipinski definition) is 0. The van der Waals surface area contributed by atoms with Crippen molar-refractivity contribution >= 4 is 61.5 Å². The molecule has 0 spiro atoms. The molecule has 188 valence electrons. The average molecular weight is 588 g/mol. The van der Waals surface area contributed by atoms with Crippen LogP contribution in [0, 0.1) is 28.7 Å². The zero-order valence-electron chi connectivity index (χ0n) is 23.6. The topological polar surface area (TPSA) is 0 Å². The summed E-state index contributed by atoms with van der Waals surface area (Å²) in [4.78, 5) is 0. The number of benzene rings is 4. The van der Waals surface area contributed by atoms with Gasteiger partial charge in [-0.3, -0.25) is 0 Å². The molecule has 0 heterocycles.